The largest absolute Gasteiger partial charge is 0.473 e. The molecule has 0 bridgehead atoms. The van der Waals surface area contributed by atoms with Gasteiger partial charge in [0.25, 0.3) is 5.91 Å². The lowest BCUT2D eigenvalue weighted by atomic mass is 10.1. The molecule has 154 valence electrons. The second kappa shape index (κ2) is 9.85. The molecule has 1 aromatic carbocycles. The van der Waals surface area contributed by atoms with Gasteiger partial charge in [-0.1, -0.05) is 35.9 Å². The molecule has 0 saturated carbocycles. The number of rotatable bonds is 3. The first-order valence-electron chi connectivity index (χ1n) is 8.50. The van der Waals surface area contributed by atoms with E-state index in [9.17, 15) is 4.79 Å². The summed E-state index contributed by atoms with van der Waals surface area (Å²) in [4.78, 5) is 36.3. The van der Waals surface area contributed by atoms with Crippen molar-refractivity contribution < 1.29 is 29.3 Å². The Morgan fingerprint density at radius 2 is 1.97 bits per heavy atom. The number of carbonyl (C=O) groups is 3. The van der Waals surface area contributed by atoms with Crippen LogP contribution in [0.1, 0.15) is 21.5 Å². The molecular formula is C19H20ClN3O6. The Morgan fingerprint density at radius 1 is 1.31 bits per heavy atom. The summed E-state index contributed by atoms with van der Waals surface area (Å²) in [6.07, 6.45) is 1.15. The highest BCUT2D eigenvalue weighted by Gasteiger charge is 2.27. The van der Waals surface area contributed by atoms with Crippen molar-refractivity contribution in [1.29, 1.82) is 0 Å². The standard InChI is InChI=1S/C17H18ClN3O2.C2H2O4/c1-11-5-3-4-6-12(11)8-19-15-10-21(2)17(22)14-7-13(18)9-20-16(14)23-15;3-1(4)2(5)6/h3-7,9,15,19H,8,10H2,1-2H3;(H,3,4)(H,5,6). The number of amides is 1. The number of ether oxygens (including phenoxy) is 1. The number of hydrogen-bond donors (Lipinski definition) is 3. The maximum Gasteiger partial charge on any atom is 0.414 e. The molecule has 0 aliphatic carbocycles. The molecule has 1 aliphatic rings. The summed E-state index contributed by atoms with van der Waals surface area (Å²) in [6.45, 7) is 3.15. The van der Waals surface area contributed by atoms with Crippen LogP contribution in [0.3, 0.4) is 0 Å². The first kappa shape index (κ1) is 22.1. The predicted molar refractivity (Wildman–Crippen MR) is 104 cm³/mol. The Bertz CT molecular complexity index is 909. The number of benzene rings is 1. The number of carboxylic acids is 2. The van der Waals surface area contributed by atoms with Crippen LogP contribution < -0.4 is 10.1 Å². The molecule has 10 heteroatoms. The number of hydrogen-bond acceptors (Lipinski definition) is 6. The zero-order valence-corrected chi connectivity index (χ0v) is 16.5. The molecule has 1 aromatic heterocycles. The molecule has 1 unspecified atom stereocenters. The lowest BCUT2D eigenvalue weighted by Gasteiger charge is -2.21. The van der Waals surface area contributed by atoms with E-state index in [1.807, 2.05) is 12.1 Å². The second-order valence-corrected chi connectivity index (χ2v) is 6.65. The number of nitrogens with one attached hydrogen (secondary N) is 1. The fraction of sp³-hybridized carbons (Fsp3) is 0.263. The van der Waals surface area contributed by atoms with Crippen molar-refractivity contribution in [3.63, 3.8) is 0 Å². The highest BCUT2D eigenvalue weighted by molar-refractivity contribution is 6.30. The Kier molecular flexibility index (Phi) is 7.52. The molecular weight excluding hydrogens is 402 g/mol. The number of aromatic nitrogens is 1. The van der Waals surface area contributed by atoms with E-state index in [1.54, 1.807) is 18.0 Å². The van der Waals surface area contributed by atoms with Crippen molar-refractivity contribution in [1.82, 2.24) is 15.2 Å². The first-order chi connectivity index (χ1) is 13.7. The summed E-state index contributed by atoms with van der Waals surface area (Å²) in [6, 6.07) is 9.75. The normalized spacial score (nSPS) is 15.3. The van der Waals surface area contributed by atoms with Gasteiger partial charge >= 0.3 is 11.9 Å². The van der Waals surface area contributed by atoms with E-state index in [-0.39, 0.29) is 12.1 Å². The number of fused-ring (bicyclic) bond motifs is 1. The van der Waals surface area contributed by atoms with E-state index >= 15 is 0 Å². The van der Waals surface area contributed by atoms with E-state index in [1.165, 1.54) is 17.3 Å². The minimum Gasteiger partial charge on any atom is -0.473 e. The average molecular weight is 422 g/mol. The topological polar surface area (TPSA) is 129 Å². The molecule has 0 radical (unpaired) electrons. The SMILES string of the molecule is Cc1ccccc1CNC1CN(C)C(=O)c2cc(Cl)cnc2O1.O=C(O)C(=O)O. The number of pyridine rings is 1. The summed E-state index contributed by atoms with van der Waals surface area (Å²) >= 11 is 5.93. The quantitative estimate of drug-likeness (QED) is 0.639. The maximum absolute atomic E-state index is 12.4. The molecule has 2 heterocycles. The van der Waals surface area contributed by atoms with Crippen molar-refractivity contribution in [2.45, 2.75) is 19.7 Å². The Morgan fingerprint density at radius 3 is 2.59 bits per heavy atom. The predicted octanol–water partition coefficient (Wildman–Crippen LogP) is 1.78. The van der Waals surface area contributed by atoms with Crippen LogP contribution in [-0.2, 0) is 16.1 Å². The molecule has 9 nitrogen and oxygen atoms in total. The number of likely N-dealkylation sites (N-methyl/N-ethyl adjacent to an activating group) is 1. The molecule has 0 saturated heterocycles. The zero-order chi connectivity index (χ0) is 21.6. The molecule has 1 aliphatic heterocycles. The maximum atomic E-state index is 12.4. The monoisotopic (exact) mass is 421 g/mol. The van der Waals surface area contributed by atoms with Gasteiger partial charge in [0.1, 0.15) is 5.56 Å². The van der Waals surface area contributed by atoms with Gasteiger partial charge in [0, 0.05) is 19.8 Å². The number of carboxylic acid groups (broad SMARTS) is 2. The summed E-state index contributed by atoms with van der Waals surface area (Å²) in [7, 11) is 1.74. The highest BCUT2D eigenvalue weighted by Crippen LogP contribution is 2.24. The van der Waals surface area contributed by atoms with Gasteiger partial charge in [-0.25, -0.2) is 14.6 Å². The summed E-state index contributed by atoms with van der Waals surface area (Å²) in [5.41, 5.74) is 2.79. The van der Waals surface area contributed by atoms with Crippen molar-refractivity contribution in [2.75, 3.05) is 13.6 Å². The Balaban J connectivity index is 0.000000438. The van der Waals surface area contributed by atoms with Gasteiger partial charge in [0.2, 0.25) is 5.88 Å². The number of halogens is 1. The molecule has 3 N–H and O–H groups in total. The third-order valence-electron chi connectivity index (χ3n) is 4.05. The van der Waals surface area contributed by atoms with E-state index in [0.717, 1.165) is 0 Å². The minimum atomic E-state index is -1.82. The first-order valence-corrected chi connectivity index (χ1v) is 8.88. The van der Waals surface area contributed by atoms with Crippen LogP contribution in [-0.4, -0.2) is 57.8 Å². The minimum absolute atomic E-state index is 0.143. The number of carbonyl (C=O) groups excluding carboxylic acids is 1. The van der Waals surface area contributed by atoms with Gasteiger partial charge < -0.3 is 19.8 Å². The van der Waals surface area contributed by atoms with Crippen LogP contribution in [0, 0.1) is 6.92 Å². The lowest BCUT2D eigenvalue weighted by Crippen LogP contribution is -2.43. The van der Waals surface area contributed by atoms with Gasteiger partial charge in [0.15, 0.2) is 6.23 Å². The van der Waals surface area contributed by atoms with Crippen LogP contribution >= 0.6 is 11.6 Å². The molecule has 29 heavy (non-hydrogen) atoms. The van der Waals surface area contributed by atoms with E-state index in [2.05, 4.69) is 29.4 Å². The highest BCUT2D eigenvalue weighted by atomic mass is 35.5. The van der Waals surface area contributed by atoms with Gasteiger partial charge in [-0.2, -0.15) is 0 Å². The van der Waals surface area contributed by atoms with Crippen molar-refractivity contribution in [3.05, 3.63) is 58.2 Å². The third-order valence-corrected chi connectivity index (χ3v) is 4.26. The molecule has 1 atom stereocenters. The molecule has 3 rings (SSSR count). The van der Waals surface area contributed by atoms with Crippen LogP contribution in [0.5, 0.6) is 5.88 Å². The van der Waals surface area contributed by atoms with Crippen LogP contribution in [0.15, 0.2) is 36.5 Å². The molecule has 0 fully saturated rings. The number of aryl methyl sites for hydroxylation is 1. The van der Waals surface area contributed by atoms with Crippen molar-refractivity contribution in [2.24, 2.45) is 0 Å². The van der Waals surface area contributed by atoms with E-state index in [0.29, 0.717) is 29.6 Å². The van der Waals surface area contributed by atoms with E-state index in [4.69, 9.17) is 36.1 Å². The fourth-order valence-corrected chi connectivity index (χ4v) is 2.68. The van der Waals surface area contributed by atoms with Gasteiger partial charge in [-0.3, -0.25) is 10.1 Å². The number of nitrogens with zero attached hydrogens (tertiary/aromatic N) is 2. The summed E-state index contributed by atoms with van der Waals surface area (Å²) < 4.78 is 5.87. The summed E-state index contributed by atoms with van der Waals surface area (Å²) in [5, 5.41) is 18.5. The Labute approximate surface area is 171 Å². The molecule has 2 aromatic rings. The second-order valence-electron chi connectivity index (χ2n) is 6.22. The van der Waals surface area contributed by atoms with Gasteiger partial charge in [-0.05, 0) is 24.1 Å². The Hall–Kier alpha value is -3.17. The van der Waals surface area contributed by atoms with E-state index < -0.39 is 11.9 Å². The lowest BCUT2D eigenvalue weighted by molar-refractivity contribution is -0.159. The van der Waals surface area contributed by atoms with Crippen molar-refractivity contribution >= 4 is 29.4 Å². The fourth-order valence-electron chi connectivity index (χ4n) is 2.52. The number of aliphatic carboxylic acids is 2. The van der Waals surface area contributed by atoms with Gasteiger partial charge in [-0.15, -0.1) is 0 Å². The third kappa shape index (κ3) is 6.16. The molecule has 1 amide bonds. The zero-order valence-electron chi connectivity index (χ0n) is 15.8. The van der Waals surface area contributed by atoms with Crippen LogP contribution in [0.25, 0.3) is 0 Å². The van der Waals surface area contributed by atoms with Crippen molar-refractivity contribution in [3.8, 4) is 5.88 Å². The summed E-state index contributed by atoms with van der Waals surface area (Å²) in [5.74, 6) is -3.48. The average Bonchev–Trinajstić information content (AvgIpc) is 2.78. The molecule has 0 spiro atoms. The van der Waals surface area contributed by atoms with Gasteiger partial charge in [0.05, 0.1) is 11.6 Å². The van der Waals surface area contributed by atoms with Crippen LogP contribution in [0.2, 0.25) is 5.02 Å². The smallest absolute Gasteiger partial charge is 0.414 e. The van der Waals surface area contributed by atoms with Crippen LogP contribution in [0.4, 0.5) is 0 Å².